The first kappa shape index (κ1) is 16.4. The van der Waals surface area contributed by atoms with E-state index in [-0.39, 0.29) is 18.3 Å². The number of halogens is 1. The zero-order valence-electron chi connectivity index (χ0n) is 11.8. The number of rotatable bonds is 2. The highest BCUT2D eigenvalue weighted by molar-refractivity contribution is 7.09. The number of carbonyl (C=O) groups is 1. The number of aryl methyl sites for hydroxylation is 1. The number of hydrogen-bond acceptors (Lipinski definition) is 2. The van der Waals surface area contributed by atoms with Crippen molar-refractivity contribution in [2.24, 2.45) is 0 Å². The number of aromatic nitrogens is 1. The van der Waals surface area contributed by atoms with Crippen molar-refractivity contribution < 1.29 is 21.8 Å². The first-order valence-corrected chi connectivity index (χ1v) is 7.78. The van der Waals surface area contributed by atoms with Gasteiger partial charge in [-0.2, -0.15) is 4.57 Å². The summed E-state index contributed by atoms with van der Waals surface area (Å²) in [5.41, 5.74) is 3.28. The largest absolute Gasteiger partial charge is 1.00 e. The third-order valence-corrected chi connectivity index (χ3v) is 4.82. The van der Waals surface area contributed by atoms with E-state index in [4.69, 9.17) is 0 Å². The van der Waals surface area contributed by atoms with Crippen LogP contribution in [0.2, 0.25) is 0 Å². The Hall–Kier alpha value is -0.610. The maximum Gasteiger partial charge on any atom is 0.288 e. The van der Waals surface area contributed by atoms with Crippen LogP contribution in [0.4, 0.5) is 0 Å². The second-order valence-corrected chi connectivity index (χ2v) is 6.20. The van der Waals surface area contributed by atoms with Crippen LogP contribution in [0, 0.1) is 13.8 Å². The van der Waals surface area contributed by atoms with E-state index in [1.165, 1.54) is 29.8 Å². The predicted molar refractivity (Wildman–Crippen MR) is 73.7 cm³/mol. The van der Waals surface area contributed by atoms with Crippen molar-refractivity contribution in [3.05, 3.63) is 16.1 Å². The van der Waals surface area contributed by atoms with Crippen LogP contribution >= 0.6 is 11.3 Å². The Balaban J connectivity index is 0.00000180. The Kier molecular flexibility index (Phi) is 6.80. The van der Waals surface area contributed by atoms with E-state index in [1.54, 1.807) is 11.3 Å². The van der Waals surface area contributed by atoms with Gasteiger partial charge in [-0.05, 0) is 19.8 Å². The first-order valence-electron chi connectivity index (χ1n) is 6.90. The molecule has 1 aliphatic rings. The number of likely N-dealkylation sites (tertiary alicyclic amines) is 1. The van der Waals surface area contributed by atoms with E-state index in [2.05, 4.69) is 28.8 Å². The third-order valence-electron chi connectivity index (χ3n) is 3.81. The van der Waals surface area contributed by atoms with Crippen molar-refractivity contribution >= 4 is 17.2 Å². The van der Waals surface area contributed by atoms with Gasteiger partial charge in [0.2, 0.25) is 12.1 Å². The van der Waals surface area contributed by atoms with E-state index in [0.29, 0.717) is 6.54 Å². The summed E-state index contributed by atoms with van der Waals surface area (Å²) in [5, 5.41) is 0. The van der Waals surface area contributed by atoms with Crippen molar-refractivity contribution in [2.75, 3.05) is 13.1 Å². The summed E-state index contributed by atoms with van der Waals surface area (Å²) in [6, 6.07) is 0. The van der Waals surface area contributed by atoms with Crippen LogP contribution in [0.5, 0.6) is 0 Å². The molecule has 5 heteroatoms. The Morgan fingerprint density at radius 3 is 2.32 bits per heavy atom. The molecule has 1 aromatic rings. The minimum atomic E-state index is 0. The molecule has 0 spiro atoms. The molecule has 2 heterocycles. The first-order chi connectivity index (χ1) is 8.68. The van der Waals surface area contributed by atoms with Crippen molar-refractivity contribution in [3.8, 4) is 0 Å². The van der Waals surface area contributed by atoms with Crippen molar-refractivity contribution in [2.45, 2.75) is 52.5 Å². The van der Waals surface area contributed by atoms with Crippen LogP contribution in [-0.2, 0) is 11.3 Å². The van der Waals surface area contributed by atoms with Gasteiger partial charge in [-0.1, -0.05) is 30.6 Å². The summed E-state index contributed by atoms with van der Waals surface area (Å²) in [5.74, 6) is 0.280. The number of nitrogens with zero attached hydrogens (tertiary/aromatic N) is 2. The quantitative estimate of drug-likeness (QED) is 0.673. The van der Waals surface area contributed by atoms with Gasteiger partial charge in [0, 0.05) is 20.0 Å². The molecule has 0 saturated carbocycles. The molecular formula is C14H23ClN2OS. The van der Waals surface area contributed by atoms with Crippen molar-refractivity contribution in [3.63, 3.8) is 0 Å². The van der Waals surface area contributed by atoms with Gasteiger partial charge in [0.25, 0.3) is 5.91 Å². The van der Waals surface area contributed by atoms with Crippen LogP contribution in [0.1, 0.15) is 42.7 Å². The van der Waals surface area contributed by atoms with Crippen LogP contribution in [0.3, 0.4) is 0 Å². The summed E-state index contributed by atoms with van der Waals surface area (Å²) < 4.78 is 2.08. The van der Waals surface area contributed by atoms with Gasteiger partial charge in [0.15, 0.2) is 5.69 Å². The fourth-order valence-corrected chi connectivity index (χ4v) is 3.21. The van der Waals surface area contributed by atoms with E-state index in [1.807, 2.05) is 0 Å². The molecule has 1 aliphatic heterocycles. The Bertz CT molecular complexity index is 412. The summed E-state index contributed by atoms with van der Waals surface area (Å²) in [6.07, 6.45) is 6.21. The van der Waals surface area contributed by atoms with Crippen LogP contribution < -0.4 is 17.0 Å². The Morgan fingerprint density at radius 2 is 1.79 bits per heavy atom. The van der Waals surface area contributed by atoms with Crippen LogP contribution in [-0.4, -0.2) is 23.9 Å². The zero-order valence-corrected chi connectivity index (χ0v) is 13.4. The van der Waals surface area contributed by atoms with Gasteiger partial charge < -0.3 is 17.3 Å². The average Bonchev–Trinajstić information content (AvgIpc) is 2.60. The predicted octanol–water partition coefficient (Wildman–Crippen LogP) is -0.551. The fourth-order valence-electron chi connectivity index (χ4n) is 2.41. The molecule has 3 nitrogen and oxygen atoms in total. The number of amides is 1. The third kappa shape index (κ3) is 4.46. The molecule has 0 aromatic carbocycles. The molecule has 1 amide bonds. The number of hydrogen-bond donors (Lipinski definition) is 0. The molecule has 0 unspecified atom stereocenters. The highest BCUT2D eigenvalue weighted by atomic mass is 35.5. The van der Waals surface area contributed by atoms with E-state index >= 15 is 0 Å². The molecule has 0 radical (unpaired) electrons. The Labute approximate surface area is 126 Å². The molecule has 0 bridgehead atoms. The lowest BCUT2D eigenvalue weighted by atomic mass is 10.1. The Morgan fingerprint density at radius 1 is 1.21 bits per heavy atom. The van der Waals surface area contributed by atoms with Crippen molar-refractivity contribution in [1.82, 2.24) is 4.90 Å². The molecule has 0 N–H and O–H groups in total. The topological polar surface area (TPSA) is 24.2 Å². The number of carbonyl (C=O) groups excluding carboxylic acids is 1. The smallest absolute Gasteiger partial charge is 0.288 e. The van der Waals surface area contributed by atoms with Gasteiger partial charge in [0.1, 0.15) is 0 Å². The molecular weight excluding hydrogens is 280 g/mol. The van der Waals surface area contributed by atoms with Gasteiger partial charge in [-0.25, -0.2) is 0 Å². The van der Waals surface area contributed by atoms with Crippen molar-refractivity contribution in [1.29, 1.82) is 0 Å². The monoisotopic (exact) mass is 302 g/mol. The van der Waals surface area contributed by atoms with E-state index < -0.39 is 0 Å². The zero-order chi connectivity index (χ0) is 13.0. The second kappa shape index (κ2) is 7.85. The maximum atomic E-state index is 12.3. The SMILES string of the molecule is Cc1sc[n+](CC(=O)N2CCCCCCC2)c1C.[Cl-]. The van der Waals surface area contributed by atoms with Crippen LogP contribution in [0.25, 0.3) is 0 Å². The van der Waals surface area contributed by atoms with Gasteiger partial charge >= 0.3 is 0 Å². The highest BCUT2D eigenvalue weighted by Crippen LogP contribution is 2.11. The van der Waals surface area contributed by atoms with E-state index in [0.717, 1.165) is 25.9 Å². The normalized spacial score (nSPS) is 16.4. The lowest BCUT2D eigenvalue weighted by Crippen LogP contribution is -3.00. The average molecular weight is 303 g/mol. The van der Waals surface area contributed by atoms with Gasteiger partial charge in [0.05, 0.1) is 4.88 Å². The molecule has 0 aliphatic carbocycles. The molecule has 108 valence electrons. The van der Waals surface area contributed by atoms with Gasteiger partial charge in [-0.15, -0.1) is 0 Å². The second-order valence-electron chi connectivity index (χ2n) is 5.14. The molecule has 19 heavy (non-hydrogen) atoms. The van der Waals surface area contributed by atoms with Crippen LogP contribution in [0.15, 0.2) is 5.51 Å². The van der Waals surface area contributed by atoms with Gasteiger partial charge in [-0.3, -0.25) is 4.79 Å². The minimum Gasteiger partial charge on any atom is -1.00 e. The maximum absolute atomic E-state index is 12.3. The summed E-state index contributed by atoms with van der Waals surface area (Å²) in [4.78, 5) is 15.7. The lowest BCUT2D eigenvalue weighted by Gasteiger charge is -2.23. The molecule has 1 saturated heterocycles. The standard InChI is InChI=1S/C14H23N2OS.ClH/c1-12-13(2)18-11-16(12)10-14(17)15-8-6-4-3-5-7-9-15;/h11H,3-10H2,1-2H3;1H/q+1;/p-1. The number of thiazole rings is 1. The summed E-state index contributed by atoms with van der Waals surface area (Å²) in [7, 11) is 0. The summed E-state index contributed by atoms with van der Waals surface area (Å²) in [6.45, 7) is 6.60. The van der Waals surface area contributed by atoms with E-state index in [9.17, 15) is 4.79 Å². The fraction of sp³-hybridized carbons (Fsp3) is 0.714. The highest BCUT2D eigenvalue weighted by Gasteiger charge is 2.21. The lowest BCUT2D eigenvalue weighted by molar-refractivity contribution is -0.686. The summed E-state index contributed by atoms with van der Waals surface area (Å²) >= 11 is 1.72. The molecule has 0 atom stereocenters. The minimum absolute atomic E-state index is 0. The molecule has 2 rings (SSSR count). The molecule has 1 fully saturated rings. The molecule has 1 aromatic heterocycles.